The molecule has 0 bridgehead atoms. The van der Waals surface area contributed by atoms with Crippen molar-refractivity contribution in [2.75, 3.05) is 32.7 Å². The summed E-state index contributed by atoms with van der Waals surface area (Å²) in [6, 6.07) is 2.41. The van der Waals surface area contributed by atoms with Crippen molar-refractivity contribution in [1.82, 2.24) is 9.80 Å². The minimum absolute atomic E-state index is 0.0954. The van der Waals surface area contributed by atoms with E-state index in [0.717, 1.165) is 32.1 Å². The van der Waals surface area contributed by atoms with Gasteiger partial charge in [-0.1, -0.05) is 0 Å². The van der Waals surface area contributed by atoms with E-state index in [2.05, 4.69) is 15.9 Å². The first-order valence-corrected chi connectivity index (χ1v) is 5.65. The summed E-state index contributed by atoms with van der Waals surface area (Å²) in [6.07, 6.45) is 2.88. The highest BCUT2D eigenvalue weighted by atomic mass is 15.3. The molecule has 1 aliphatic heterocycles. The van der Waals surface area contributed by atoms with Crippen LogP contribution >= 0.6 is 0 Å². The molecule has 1 heterocycles. The van der Waals surface area contributed by atoms with Crippen LogP contribution in [0.15, 0.2) is 0 Å². The van der Waals surface area contributed by atoms with Gasteiger partial charge in [0.05, 0.1) is 12.1 Å². The summed E-state index contributed by atoms with van der Waals surface area (Å²) in [6.45, 7) is 7.75. The molecule has 0 aromatic rings. The average Bonchev–Trinajstić information content (AvgIpc) is 3.02. The third-order valence-electron chi connectivity index (χ3n) is 3.35. The molecule has 1 unspecified atom stereocenters. The lowest BCUT2D eigenvalue weighted by Gasteiger charge is -2.35. The molecule has 0 aromatic heterocycles. The second kappa shape index (κ2) is 4.29. The molecule has 3 nitrogen and oxygen atoms in total. The van der Waals surface area contributed by atoms with Crippen LogP contribution in [0.5, 0.6) is 0 Å². The Labute approximate surface area is 86.3 Å². The summed E-state index contributed by atoms with van der Waals surface area (Å²) < 4.78 is 0. The van der Waals surface area contributed by atoms with Crippen molar-refractivity contribution < 1.29 is 0 Å². The van der Waals surface area contributed by atoms with E-state index in [1.54, 1.807) is 0 Å². The Bertz CT molecular complexity index is 221. The van der Waals surface area contributed by atoms with Crippen LogP contribution in [0.3, 0.4) is 0 Å². The van der Waals surface area contributed by atoms with Gasteiger partial charge in [-0.25, -0.2) is 0 Å². The van der Waals surface area contributed by atoms with Crippen molar-refractivity contribution in [2.24, 2.45) is 5.92 Å². The van der Waals surface area contributed by atoms with E-state index in [4.69, 9.17) is 5.26 Å². The molecule has 1 aliphatic carbocycles. The normalized spacial score (nSPS) is 27.1. The van der Waals surface area contributed by atoms with Gasteiger partial charge >= 0.3 is 0 Å². The van der Waals surface area contributed by atoms with Gasteiger partial charge in [-0.3, -0.25) is 4.90 Å². The fraction of sp³-hybridized carbons (Fsp3) is 0.909. The lowest BCUT2D eigenvalue weighted by Crippen LogP contribution is -2.49. The van der Waals surface area contributed by atoms with Crippen molar-refractivity contribution >= 4 is 0 Å². The second-order valence-corrected chi connectivity index (χ2v) is 4.59. The van der Waals surface area contributed by atoms with Gasteiger partial charge in [0, 0.05) is 32.7 Å². The molecule has 0 radical (unpaired) electrons. The molecular formula is C11H19N3. The molecule has 1 saturated carbocycles. The molecule has 78 valence electrons. The summed E-state index contributed by atoms with van der Waals surface area (Å²) >= 11 is 0. The van der Waals surface area contributed by atoms with Crippen LogP contribution in [0.25, 0.3) is 0 Å². The summed E-state index contributed by atoms with van der Waals surface area (Å²) in [5, 5.41) is 8.80. The van der Waals surface area contributed by atoms with Crippen LogP contribution in [0, 0.1) is 17.2 Å². The van der Waals surface area contributed by atoms with Crippen molar-refractivity contribution in [3.63, 3.8) is 0 Å². The maximum absolute atomic E-state index is 8.80. The van der Waals surface area contributed by atoms with Gasteiger partial charge in [0.1, 0.15) is 0 Å². The molecule has 1 saturated heterocycles. The summed E-state index contributed by atoms with van der Waals surface area (Å²) in [4.78, 5) is 4.83. The van der Waals surface area contributed by atoms with Gasteiger partial charge < -0.3 is 4.90 Å². The third kappa shape index (κ3) is 2.46. The molecule has 0 spiro atoms. The summed E-state index contributed by atoms with van der Waals surface area (Å²) in [7, 11) is 0. The van der Waals surface area contributed by atoms with Crippen molar-refractivity contribution in [3.05, 3.63) is 0 Å². The second-order valence-electron chi connectivity index (χ2n) is 4.59. The lowest BCUT2D eigenvalue weighted by molar-refractivity contribution is 0.116. The maximum atomic E-state index is 8.80. The third-order valence-corrected chi connectivity index (χ3v) is 3.35. The topological polar surface area (TPSA) is 30.3 Å². The van der Waals surface area contributed by atoms with Gasteiger partial charge in [-0.15, -0.1) is 0 Å². The number of rotatable bonds is 3. The summed E-state index contributed by atoms with van der Waals surface area (Å²) in [5.74, 6) is 0.995. The monoisotopic (exact) mass is 193 g/mol. The number of piperazine rings is 1. The zero-order valence-electron chi connectivity index (χ0n) is 8.95. The predicted molar refractivity (Wildman–Crippen MR) is 55.8 cm³/mol. The van der Waals surface area contributed by atoms with Gasteiger partial charge in [0.25, 0.3) is 0 Å². The summed E-state index contributed by atoms with van der Waals surface area (Å²) in [5.41, 5.74) is 0. The largest absolute Gasteiger partial charge is 0.301 e. The molecule has 0 amide bonds. The van der Waals surface area contributed by atoms with Crippen LogP contribution < -0.4 is 0 Å². The minimum Gasteiger partial charge on any atom is -0.301 e. The van der Waals surface area contributed by atoms with E-state index in [0.29, 0.717) is 0 Å². The van der Waals surface area contributed by atoms with E-state index < -0.39 is 0 Å². The first-order chi connectivity index (χ1) is 6.79. The average molecular weight is 193 g/mol. The van der Waals surface area contributed by atoms with E-state index in [-0.39, 0.29) is 6.04 Å². The van der Waals surface area contributed by atoms with Crippen LogP contribution in [0.1, 0.15) is 19.8 Å². The van der Waals surface area contributed by atoms with Crippen LogP contribution in [-0.4, -0.2) is 48.6 Å². The first-order valence-electron chi connectivity index (χ1n) is 5.65. The Hall–Kier alpha value is -0.590. The molecule has 0 N–H and O–H groups in total. The Morgan fingerprint density at radius 2 is 1.93 bits per heavy atom. The Balaban J connectivity index is 1.71. The molecule has 3 heteroatoms. The lowest BCUT2D eigenvalue weighted by atomic mass is 10.2. The van der Waals surface area contributed by atoms with E-state index >= 15 is 0 Å². The highest BCUT2D eigenvalue weighted by Crippen LogP contribution is 2.29. The quantitative estimate of drug-likeness (QED) is 0.668. The number of hydrogen-bond donors (Lipinski definition) is 0. The van der Waals surface area contributed by atoms with Crippen molar-refractivity contribution in [2.45, 2.75) is 25.8 Å². The molecule has 2 rings (SSSR count). The van der Waals surface area contributed by atoms with Crippen LogP contribution in [-0.2, 0) is 0 Å². The zero-order chi connectivity index (χ0) is 9.97. The molecule has 1 atom stereocenters. The molecule has 0 aromatic carbocycles. The fourth-order valence-corrected chi connectivity index (χ4v) is 2.08. The van der Waals surface area contributed by atoms with Crippen molar-refractivity contribution in [3.8, 4) is 6.07 Å². The standard InChI is InChI=1S/C11H19N3/c1-10(8-12)14-6-4-13(5-7-14)9-11-2-3-11/h10-11H,2-7,9H2,1H3. The van der Waals surface area contributed by atoms with E-state index in [1.165, 1.54) is 19.4 Å². The highest BCUT2D eigenvalue weighted by Gasteiger charge is 2.27. The van der Waals surface area contributed by atoms with E-state index in [9.17, 15) is 0 Å². The SMILES string of the molecule is CC(C#N)N1CCN(CC2CC2)CC1. The zero-order valence-corrected chi connectivity index (χ0v) is 8.95. The first kappa shape index (κ1) is 9.95. The highest BCUT2D eigenvalue weighted by molar-refractivity contribution is 4.90. The van der Waals surface area contributed by atoms with E-state index in [1.807, 2.05) is 6.92 Å². The van der Waals surface area contributed by atoms with Crippen molar-refractivity contribution in [1.29, 1.82) is 5.26 Å². The molecular weight excluding hydrogens is 174 g/mol. The van der Waals surface area contributed by atoms with Crippen LogP contribution in [0.4, 0.5) is 0 Å². The molecule has 14 heavy (non-hydrogen) atoms. The number of nitrogens with zero attached hydrogens (tertiary/aromatic N) is 3. The van der Waals surface area contributed by atoms with Gasteiger partial charge in [0.2, 0.25) is 0 Å². The predicted octanol–water partition coefficient (Wildman–Crippen LogP) is 0.926. The Morgan fingerprint density at radius 1 is 1.29 bits per heavy atom. The van der Waals surface area contributed by atoms with Crippen LogP contribution in [0.2, 0.25) is 0 Å². The Kier molecular flexibility index (Phi) is 3.05. The van der Waals surface area contributed by atoms with Gasteiger partial charge in [0.15, 0.2) is 0 Å². The fourth-order valence-electron chi connectivity index (χ4n) is 2.08. The number of hydrogen-bond acceptors (Lipinski definition) is 3. The Morgan fingerprint density at radius 3 is 2.43 bits per heavy atom. The smallest absolute Gasteiger partial charge is 0.0950 e. The van der Waals surface area contributed by atoms with Gasteiger partial charge in [-0.05, 0) is 25.7 Å². The number of nitriles is 1. The van der Waals surface area contributed by atoms with Gasteiger partial charge in [-0.2, -0.15) is 5.26 Å². The minimum atomic E-state index is 0.0954. The maximum Gasteiger partial charge on any atom is 0.0950 e. The molecule has 2 fully saturated rings. The molecule has 2 aliphatic rings.